The van der Waals surface area contributed by atoms with Gasteiger partial charge in [-0.15, -0.1) is 0 Å². The highest BCUT2D eigenvalue weighted by molar-refractivity contribution is 7.21. The molecule has 0 amide bonds. The van der Waals surface area contributed by atoms with Crippen molar-refractivity contribution in [3.63, 3.8) is 0 Å². The molecule has 0 radical (unpaired) electrons. The molecule has 1 N–H and O–H groups in total. The summed E-state index contributed by atoms with van der Waals surface area (Å²) in [5.74, 6) is 0. The highest BCUT2D eigenvalue weighted by Crippen LogP contribution is 2.28. The molecule has 9 heteroatoms. The molecule has 0 aromatic carbocycles. The fraction of sp³-hybridized carbons (Fsp3) is 0.312. The minimum atomic E-state index is 0.696. The zero-order valence-electron chi connectivity index (χ0n) is 13.7. The molecule has 1 aliphatic heterocycles. The molecule has 4 aromatic heterocycles. The largest absolute Gasteiger partial charge is 0.345 e. The number of nitrogens with zero attached hydrogens (tertiary/aromatic N) is 7. The van der Waals surface area contributed by atoms with Crippen LogP contribution in [0.15, 0.2) is 24.5 Å². The first kappa shape index (κ1) is 14.7. The summed E-state index contributed by atoms with van der Waals surface area (Å²) in [6.45, 7) is 5.84. The Morgan fingerprint density at radius 2 is 1.96 bits per heavy atom. The molecule has 0 bridgehead atoms. The normalized spacial score (nSPS) is 15.3. The predicted octanol–water partition coefficient (Wildman–Crippen LogP) is 1.51. The maximum atomic E-state index is 4.73. The van der Waals surface area contributed by atoms with E-state index in [9.17, 15) is 0 Å². The molecule has 25 heavy (non-hydrogen) atoms. The Hall–Kier alpha value is -2.65. The average molecular weight is 352 g/mol. The van der Waals surface area contributed by atoms with Crippen LogP contribution in [-0.4, -0.2) is 55.7 Å². The highest BCUT2D eigenvalue weighted by atomic mass is 32.1. The number of anilines is 1. The van der Waals surface area contributed by atoms with Crippen LogP contribution in [0, 0.1) is 6.92 Å². The van der Waals surface area contributed by atoms with E-state index in [2.05, 4.69) is 30.3 Å². The van der Waals surface area contributed by atoms with Gasteiger partial charge in [-0.2, -0.15) is 10.1 Å². The minimum absolute atomic E-state index is 0.696. The molecular weight excluding hydrogens is 336 g/mol. The second kappa shape index (κ2) is 5.71. The van der Waals surface area contributed by atoms with Crippen LogP contribution in [0.25, 0.3) is 27.5 Å². The van der Waals surface area contributed by atoms with Crippen LogP contribution in [0.3, 0.4) is 0 Å². The van der Waals surface area contributed by atoms with Crippen LogP contribution in [0.4, 0.5) is 5.13 Å². The Morgan fingerprint density at radius 3 is 2.84 bits per heavy atom. The van der Waals surface area contributed by atoms with Gasteiger partial charge in [-0.1, -0.05) is 11.3 Å². The number of rotatable bonds is 2. The summed E-state index contributed by atoms with van der Waals surface area (Å²) in [5.41, 5.74) is 3.98. The van der Waals surface area contributed by atoms with Gasteiger partial charge in [0.1, 0.15) is 11.4 Å². The molecule has 1 aliphatic rings. The van der Waals surface area contributed by atoms with E-state index in [-0.39, 0.29) is 0 Å². The molecule has 0 spiro atoms. The summed E-state index contributed by atoms with van der Waals surface area (Å²) in [6.07, 6.45) is 3.64. The van der Waals surface area contributed by atoms with E-state index in [1.54, 1.807) is 22.0 Å². The van der Waals surface area contributed by atoms with Crippen molar-refractivity contribution in [2.75, 3.05) is 31.1 Å². The van der Waals surface area contributed by atoms with Gasteiger partial charge in [0.15, 0.2) is 21.3 Å². The first-order valence-corrected chi connectivity index (χ1v) is 9.00. The van der Waals surface area contributed by atoms with Crippen LogP contribution in [0.5, 0.6) is 0 Å². The monoisotopic (exact) mass is 352 g/mol. The molecule has 0 aliphatic carbocycles. The standard InChI is InChI=1S/C16H16N8S/c1-10-9-24-13(19-10)3-2-11(22-24)12-8-18-14-15(20-12)25-16(21-14)23-6-4-17-5-7-23/h2-3,8-9,17H,4-7H2,1H3. The van der Waals surface area contributed by atoms with Crippen molar-refractivity contribution < 1.29 is 0 Å². The van der Waals surface area contributed by atoms with E-state index in [0.717, 1.165) is 58.9 Å². The Bertz CT molecular complexity index is 1060. The van der Waals surface area contributed by atoms with Crippen LogP contribution in [0.2, 0.25) is 0 Å². The van der Waals surface area contributed by atoms with E-state index in [0.29, 0.717) is 5.65 Å². The number of aryl methyl sites for hydroxylation is 1. The number of fused-ring (bicyclic) bond motifs is 2. The van der Waals surface area contributed by atoms with Crippen molar-refractivity contribution in [3.05, 3.63) is 30.2 Å². The summed E-state index contributed by atoms with van der Waals surface area (Å²) >= 11 is 1.59. The van der Waals surface area contributed by atoms with Gasteiger partial charge >= 0.3 is 0 Å². The molecule has 8 nitrogen and oxygen atoms in total. The molecule has 4 aromatic rings. The van der Waals surface area contributed by atoms with Crippen molar-refractivity contribution in [1.82, 2.24) is 34.9 Å². The minimum Gasteiger partial charge on any atom is -0.345 e. The smallest absolute Gasteiger partial charge is 0.191 e. The van der Waals surface area contributed by atoms with Crippen LogP contribution in [-0.2, 0) is 0 Å². The lowest BCUT2D eigenvalue weighted by Gasteiger charge is -2.26. The van der Waals surface area contributed by atoms with E-state index in [4.69, 9.17) is 4.98 Å². The van der Waals surface area contributed by atoms with Gasteiger partial charge < -0.3 is 10.2 Å². The van der Waals surface area contributed by atoms with Gasteiger partial charge in [-0.05, 0) is 19.1 Å². The van der Waals surface area contributed by atoms with Crippen molar-refractivity contribution in [1.29, 1.82) is 0 Å². The third kappa shape index (κ3) is 2.61. The summed E-state index contributed by atoms with van der Waals surface area (Å²) in [5, 5.41) is 8.93. The first-order chi connectivity index (χ1) is 12.3. The zero-order valence-corrected chi connectivity index (χ0v) is 14.5. The molecule has 126 valence electrons. The van der Waals surface area contributed by atoms with Gasteiger partial charge in [-0.25, -0.2) is 19.5 Å². The van der Waals surface area contributed by atoms with Crippen LogP contribution < -0.4 is 10.2 Å². The lowest BCUT2D eigenvalue weighted by molar-refractivity contribution is 0.588. The third-order valence-corrected chi connectivity index (χ3v) is 5.20. The molecule has 0 atom stereocenters. The second-order valence-corrected chi connectivity index (χ2v) is 6.98. The number of nitrogens with one attached hydrogen (secondary N) is 1. The van der Waals surface area contributed by atoms with Crippen molar-refractivity contribution in [2.24, 2.45) is 0 Å². The number of imidazole rings is 1. The lowest BCUT2D eigenvalue weighted by atomic mass is 10.3. The van der Waals surface area contributed by atoms with Gasteiger partial charge in [0.25, 0.3) is 0 Å². The molecule has 0 unspecified atom stereocenters. The number of hydrogen-bond acceptors (Lipinski definition) is 8. The number of aromatic nitrogens is 6. The topological polar surface area (TPSA) is 84.1 Å². The quantitative estimate of drug-likeness (QED) is 0.585. The fourth-order valence-corrected chi connectivity index (χ4v) is 3.91. The van der Waals surface area contributed by atoms with Crippen molar-refractivity contribution in [2.45, 2.75) is 6.92 Å². The molecule has 1 fully saturated rings. The van der Waals surface area contributed by atoms with Crippen LogP contribution >= 0.6 is 11.3 Å². The predicted molar refractivity (Wildman–Crippen MR) is 97.0 cm³/mol. The van der Waals surface area contributed by atoms with Gasteiger partial charge in [0.05, 0.1) is 18.1 Å². The SMILES string of the molecule is Cc1cn2nc(-c3cnc4nc(N5CCNCC5)sc4n3)ccc2n1. The van der Waals surface area contributed by atoms with Gasteiger partial charge in [0.2, 0.25) is 0 Å². The van der Waals surface area contributed by atoms with Crippen molar-refractivity contribution in [3.8, 4) is 11.4 Å². The van der Waals surface area contributed by atoms with E-state index < -0.39 is 0 Å². The Kier molecular flexibility index (Phi) is 3.35. The average Bonchev–Trinajstić information content (AvgIpc) is 3.23. The van der Waals surface area contributed by atoms with E-state index in [1.165, 1.54) is 0 Å². The Labute approximate surface area is 147 Å². The molecule has 1 saturated heterocycles. The van der Waals surface area contributed by atoms with Gasteiger partial charge in [0, 0.05) is 26.2 Å². The number of thiazole rings is 1. The molecule has 5 rings (SSSR count). The van der Waals surface area contributed by atoms with Crippen molar-refractivity contribution >= 4 is 32.6 Å². The molecule has 0 saturated carbocycles. The first-order valence-electron chi connectivity index (χ1n) is 8.19. The van der Waals surface area contributed by atoms with E-state index >= 15 is 0 Å². The van der Waals surface area contributed by atoms with E-state index in [1.807, 2.05) is 25.3 Å². The molecular formula is C16H16N8S. The molecule has 5 heterocycles. The summed E-state index contributed by atoms with van der Waals surface area (Å²) < 4.78 is 1.77. The second-order valence-electron chi connectivity index (χ2n) is 6.02. The van der Waals surface area contributed by atoms with Gasteiger partial charge in [-0.3, -0.25) is 0 Å². The summed E-state index contributed by atoms with van der Waals surface area (Å²) in [7, 11) is 0. The summed E-state index contributed by atoms with van der Waals surface area (Å²) in [6, 6.07) is 3.87. The highest BCUT2D eigenvalue weighted by Gasteiger charge is 2.16. The number of piperazine rings is 1. The maximum Gasteiger partial charge on any atom is 0.191 e. The Morgan fingerprint density at radius 1 is 1.08 bits per heavy atom. The fourth-order valence-electron chi connectivity index (χ4n) is 2.96. The maximum absolute atomic E-state index is 4.73. The van der Waals surface area contributed by atoms with Crippen LogP contribution in [0.1, 0.15) is 5.69 Å². The Balaban J connectivity index is 1.54. The third-order valence-electron chi connectivity index (χ3n) is 4.20. The lowest BCUT2D eigenvalue weighted by Crippen LogP contribution is -2.43. The zero-order chi connectivity index (χ0) is 16.8. The number of hydrogen-bond donors (Lipinski definition) is 1. The summed E-state index contributed by atoms with van der Waals surface area (Å²) in [4.78, 5) is 21.4.